The second-order valence-electron chi connectivity index (χ2n) is 7.31. The SMILES string of the molecule is NCc1cccc(C[C@@H](C(=O)O)C(/C=C/c2ccccc2)NC(=O)c2ccccc2)c1. The second-order valence-corrected chi connectivity index (χ2v) is 7.31. The van der Waals surface area contributed by atoms with Crippen molar-refractivity contribution < 1.29 is 14.7 Å². The van der Waals surface area contributed by atoms with Gasteiger partial charge in [0.25, 0.3) is 5.91 Å². The summed E-state index contributed by atoms with van der Waals surface area (Å²) in [7, 11) is 0. The van der Waals surface area contributed by atoms with Crippen LogP contribution in [0.2, 0.25) is 0 Å². The molecule has 5 nitrogen and oxygen atoms in total. The molecule has 0 heterocycles. The first kappa shape index (κ1) is 22.0. The standard InChI is InChI=1S/C26H26N2O3/c27-18-21-11-7-10-20(16-21)17-23(26(30)31)24(15-14-19-8-3-1-4-9-19)28-25(29)22-12-5-2-6-13-22/h1-16,23-24H,17-18,27H2,(H,28,29)(H,30,31)/b15-14+/t23-,24?/m1/s1. The normalized spacial score (nSPS) is 12.9. The number of benzene rings is 3. The highest BCUT2D eigenvalue weighted by molar-refractivity contribution is 5.94. The summed E-state index contributed by atoms with van der Waals surface area (Å²) in [6, 6.07) is 25.2. The summed E-state index contributed by atoms with van der Waals surface area (Å²) in [4.78, 5) is 25.0. The van der Waals surface area contributed by atoms with E-state index in [1.807, 2.05) is 66.7 Å². The summed E-state index contributed by atoms with van der Waals surface area (Å²) >= 11 is 0. The van der Waals surface area contributed by atoms with E-state index in [0.29, 0.717) is 12.1 Å². The van der Waals surface area contributed by atoms with Gasteiger partial charge in [0, 0.05) is 12.1 Å². The maximum atomic E-state index is 12.8. The first-order valence-corrected chi connectivity index (χ1v) is 10.2. The molecule has 0 aromatic heterocycles. The Morgan fingerprint density at radius 3 is 2.19 bits per heavy atom. The van der Waals surface area contributed by atoms with E-state index in [1.165, 1.54) is 0 Å². The van der Waals surface area contributed by atoms with E-state index in [2.05, 4.69) is 5.32 Å². The molecule has 4 N–H and O–H groups in total. The summed E-state index contributed by atoms with van der Waals surface area (Å²) in [6.45, 7) is 0.383. The van der Waals surface area contributed by atoms with E-state index in [4.69, 9.17) is 5.73 Å². The van der Waals surface area contributed by atoms with Gasteiger partial charge < -0.3 is 16.2 Å². The lowest BCUT2D eigenvalue weighted by molar-refractivity contribution is -0.142. The van der Waals surface area contributed by atoms with Crippen LogP contribution in [-0.4, -0.2) is 23.0 Å². The third kappa shape index (κ3) is 6.39. The van der Waals surface area contributed by atoms with Crippen molar-refractivity contribution in [2.75, 3.05) is 0 Å². The molecular weight excluding hydrogens is 388 g/mol. The highest BCUT2D eigenvalue weighted by Crippen LogP contribution is 2.18. The lowest BCUT2D eigenvalue weighted by atomic mass is 9.90. The van der Waals surface area contributed by atoms with Crippen molar-refractivity contribution in [1.82, 2.24) is 5.32 Å². The van der Waals surface area contributed by atoms with Crippen LogP contribution in [0, 0.1) is 5.92 Å². The van der Waals surface area contributed by atoms with Crippen LogP contribution in [0.3, 0.4) is 0 Å². The van der Waals surface area contributed by atoms with Crippen LogP contribution in [0.15, 0.2) is 91.0 Å². The molecule has 0 bridgehead atoms. The maximum Gasteiger partial charge on any atom is 0.309 e. The van der Waals surface area contributed by atoms with Crippen molar-refractivity contribution in [3.8, 4) is 0 Å². The first-order chi connectivity index (χ1) is 15.1. The van der Waals surface area contributed by atoms with Gasteiger partial charge in [0.05, 0.1) is 12.0 Å². The van der Waals surface area contributed by atoms with Gasteiger partial charge in [0.15, 0.2) is 0 Å². The number of hydrogen-bond acceptors (Lipinski definition) is 3. The lowest BCUT2D eigenvalue weighted by Crippen LogP contribution is -2.43. The molecule has 0 radical (unpaired) electrons. The zero-order valence-corrected chi connectivity index (χ0v) is 17.1. The molecular formula is C26H26N2O3. The van der Waals surface area contributed by atoms with Gasteiger partial charge in [-0.15, -0.1) is 0 Å². The van der Waals surface area contributed by atoms with Crippen LogP contribution in [0.4, 0.5) is 0 Å². The third-order valence-corrected chi connectivity index (χ3v) is 5.06. The molecule has 0 aliphatic rings. The predicted octanol–water partition coefficient (Wildman–Crippen LogP) is 3.90. The van der Waals surface area contributed by atoms with Gasteiger partial charge in [-0.2, -0.15) is 0 Å². The Bertz CT molecular complexity index is 1030. The molecule has 3 aromatic rings. The molecule has 0 aliphatic carbocycles. The molecule has 1 amide bonds. The number of carbonyl (C=O) groups excluding carboxylic acids is 1. The lowest BCUT2D eigenvalue weighted by Gasteiger charge is -2.23. The predicted molar refractivity (Wildman–Crippen MR) is 122 cm³/mol. The molecule has 3 aromatic carbocycles. The average Bonchev–Trinajstić information content (AvgIpc) is 2.81. The molecule has 3 rings (SSSR count). The van der Waals surface area contributed by atoms with Crippen molar-refractivity contribution in [3.63, 3.8) is 0 Å². The van der Waals surface area contributed by atoms with Crippen LogP contribution >= 0.6 is 0 Å². The number of carbonyl (C=O) groups is 2. The monoisotopic (exact) mass is 414 g/mol. The summed E-state index contributed by atoms with van der Waals surface area (Å²) < 4.78 is 0. The molecule has 1 unspecified atom stereocenters. The topological polar surface area (TPSA) is 92.4 Å². The Morgan fingerprint density at radius 2 is 1.55 bits per heavy atom. The third-order valence-electron chi connectivity index (χ3n) is 5.06. The number of carboxylic acid groups (broad SMARTS) is 1. The number of rotatable bonds is 9. The fourth-order valence-corrected chi connectivity index (χ4v) is 3.39. The number of amides is 1. The minimum Gasteiger partial charge on any atom is -0.481 e. The van der Waals surface area contributed by atoms with Crippen molar-refractivity contribution in [2.45, 2.75) is 19.0 Å². The van der Waals surface area contributed by atoms with E-state index >= 15 is 0 Å². The number of hydrogen-bond donors (Lipinski definition) is 3. The van der Waals surface area contributed by atoms with Gasteiger partial charge in [-0.1, -0.05) is 84.9 Å². The number of nitrogens with one attached hydrogen (secondary N) is 1. The largest absolute Gasteiger partial charge is 0.481 e. The maximum absolute atomic E-state index is 12.8. The molecule has 0 saturated heterocycles. The van der Waals surface area contributed by atoms with Gasteiger partial charge in [-0.05, 0) is 35.2 Å². The van der Waals surface area contributed by atoms with Crippen molar-refractivity contribution in [3.05, 3.63) is 113 Å². The minimum atomic E-state index is -0.978. The van der Waals surface area contributed by atoms with E-state index in [9.17, 15) is 14.7 Å². The van der Waals surface area contributed by atoms with Crippen LogP contribution in [-0.2, 0) is 17.8 Å². The van der Waals surface area contributed by atoms with Gasteiger partial charge in [0.2, 0.25) is 0 Å². The van der Waals surface area contributed by atoms with Crippen molar-refractivity contribution in [2.24, 2.45) is 11.7 Å². The minimum absolute atomic E-state index is 0.266. The van der Waals surface area contributed by atoms with Gasteiger partial charge in [0.1, 0.15) is 0 Å². The molecule has 2 atom stereocenters. The fourth-order valence-electron chi connectivity index (χ4n) is 3.39. The summed E-state index contributed by atoms with van der Waals surface area (Å²) in [5, 5.41) is 12.9. The Kier molecular flexibility index (Phi) is 7.73. The zero-order chi connectivity index (χ0) is 22.1. The van der Waals surface area contributed by atoms with Crippen LogP contribution in [0.1, 0.15) is 27.0 Å². The quantitative estimate of drug-likeness (QED) is 0.495. The van der Waals surface area contributed by atoms with Crippen LogP contribution in [0.25, 0.3) is 6.08 Å². The first-order valence-electron chi connectivity index (χ1n) is 10.2. The molecule has 0 fully saturated rings. The highest BCUT2D eigenvalue weighted by atomic mass is 16.4. The molecule has 0 aliphatic heterocycles. The molecule has 0 spiro atoms. The van der Waals surface area contributed by atoms with Crippen LogP contribution < -0.4 is 11.1 Å². The Morgan fingerprint density at radius 1 is 0.903 bits per heavy atom. The summed E-state index contributed by atoms with van der Waals surface area (Å²) in [5.74, 6) is -2.14. The molecule has 0 saturated carbocycles. The number of carboxylic acids is 1. The number of nitrogens with two attached hydrogens (primary N) is 1. The molecule has 31 heavy (non-hydrogen) atoms. The molecule has 158 valence electrons. The fraction of sp³-hybridized carbons (Fsp3) is 0.154. The van der Waals surface area contributed by atoms with E-state index in [1.54, 1.807) is 30.3 Å². The average molecular weight is 415 g/mol. The summed E-state index contributed by atoms with van der Waals surface area (Å²) in [5.41, 5.74) is 8.93. The molecule has 5 heteroatoms. The van der Waals surface area contributed by atoms with Gasteiger partial charge in [-0.25, -0.2) is 0 Å². The highest BCUT2D eigenvalue weighted by Gasteiger charge is 2.28. The second kappa shape index (κ2) is 10.9. The van der Waals surface area contributed by atoms with E-state index < -0.39 is 17.9 Å². The Hall–Kier alpha value is -3.70. The van der Waals surface area contributed by atoms with Crippen LogP contribution in [0.5, 0.6) is 0 Å². The summed E-state index contributed by atoms with van der Waals surface area (Å²) in [6.07, 6.45) is 3.85. The van der Waals surface area contributed by atoms with Gasteiger partial charge in [-0.3, -0.25) is 9.59 Å². The van der Waals surface area contributed by atoms with Gasteiger partial charge >= 0.3 is 5.97 Å². The number of aliphatic carboxylic acids is 1. The van der Waals surface area contributed by atoms with E-state index in [-0.39, 0.29) is 12.3 Å². The van der Waals surface area contributed by atoms with Crippen molar-refractivity contribution >= 4 is 18.0 Å². The Labute approximate surface area is 182 Å². The zero-order valence-electron chi connectivity index (χ0n) is 17.1. The van der Waals surface area contributed by atoms with E-state index in [0.717, 1.165) is 16.7 Å². The van der Waals surface area contributed by atoms with Crippen molar-refractivity contribution in [1.29, 1.82) is 0 Å². The Balaban J connectivity index is 1.89. The smallest absolute Gasteiger partial charge is 0.309 e.